The summed E-state index contributed by atoms with van der Waals surface area (Å²) in [6.07, 6.45) is -2.38. The maximum atomic E-state index is 11.8. The topological polar surface area (TPSA) is 47.6 Å². The van der Waals surface area contributed by atoms with Crippen molar-refractivity contribution >= 4 is 5.91 Å². The Labute approximate surface area is 103 Å². The van der Waals surface area contributed by atoms with Gasteiger partial charge in [-0.2, -0.15) is 0 Å². The van der Waals surface area contributed by atoms with Crippen LogP contribution in [-0.2, 0) is 14.3 Å². The summed E-state index contributed by atoms with van der Waals surface area (Å²) in [4.78, 5) is 11.7. The normalized spacial score (nSPS) is 32.1. The van der Waals surface area contributed by atoms with Crippen LogP contribution in [0.1, 0.15) is 19.3 Å². The molecule has 2 aliphatic rings. The molecule has 2 fully saturated rings. The summed E-state index contributed by atoms with van der Waals surface area (Å²) in [5.41, 5.74) is 0. The number of halogens is 3. The molecular formula is C11H16F3NO3. The zero-order valence-corrected chi connectivity index (χ0v) is 9.83. The van der Waals surface area contributed by atoms with Gasteiger partial charge in [0.2, 0.25) is 5.91 Å². The SMILES string of the molecule is O=C(N[C@H]1CCCOC1)[C@H]1C[C@@H]1COC(F)(F)F. The molecule has 4 nitrogen and oxygen atoms in total. The van der Waals surface area contributed by atoms with E-state index in [1.54, 1.807) is 0 Å². The van der Waals surface area contributed by atoms with Crippen LogP contribution < -0.4 is 5.32 Å². The molecule has 7 heteroatoms. The van der Waals surface area contributed by atoms with E-state index in [4.69, 9.17) is 4.74 Å². The van der Waals surface area contributed by atoms with Crippen LogP contribution in [0, 0.1) is 11.8 Å². The van der Waals surface area contributed by atoms with Crippen molar-refractivity contribution in [3.05, 3.63) is 0 Å². The Morgan fingerprint density at radius 2 is 2.22 bits per heavy atom. The number of carbonyl (C=O) groups is 1. The van der Waals surface area contributed by atoms with Gasteiger partial charge in [0.15, 0.2) is 0 Å². The third-order valence-corrected chi connectivity index (χ3v) is 3.23. The molecule has 104 valence electrons. The van der Waals surface area contributed by atoms with Crippen LogP contribution in [0.25, 0.3) is 0 Å². The van der Waals surface area contributed by atoms with E-state index in [0.717, 1.165) is 12.8 Å². The van der Waals surface area contributed by atoms with Gasteiger partial charge in [0.25, 0.3) is 0 Å². The standard InChI is InChI=1S/C11H16F3NO3/c12-11(13,14)18-5-7-4-9(7)10(16)15-8-2-1-3-17-6-8/h7-9H,1-6H2,(H,15,16)/t7-,8+,9+/m1/s1. The van der Waals surface area contributed by atoms with Gasteiger partial charge in [-0.15, -0.1) is 13.2 Å². The second-order valence-corrected chi connectivity index (χ2v) is 4.78. The van der Waals surface area contributed by atoms with Crippen LogP contribution in [0.2, 0.25) is 0 Å². The zero-order chi connectivity index (χ0) is 13.2. The Hall–Kier alpha value is -0.820. The van der Waals surface area contributed by atoms with E-state index in [-0.39, 0.29) is 23.8 Å². The Balaban J connectivity index is 1.66. The van der Waals surface area contributed by atoms with Gasteiger partial charge < -0.3 is 10.1 Å². The van der Waals surface area contributed by atoms with Crippen LogP contribution in [0.5, 0.6) is 0 Å². The van der Waals surface area contributed by atoms with E-state index < -0.39 is 13.0 Å². The van der Waals surface area contributed by atoms with Gasteiger partial charge in [-0.1, -0.05) is 0 Å². The minimum absolute atomic E-state index is 0.00367. The molecule has 1 aliphatic heterocycles. The number of amides is 1. The fourth-order valence-corrected chi connectivity index (χ4v) is 2.12. The smallest absolute Gasteiger partial charge is 0.379 e. The molecule has 1 aliphatic carbocycles. The van der Waals surface area contributed by atoms with Crippen molar-refractivity contribution in [1.82, 2.24) is 5.32 Å². The fraction of sp³-hybridized carbons (Fsp3) is 0.909. The lowest BCUT2D eigenvalue weighted by Crippen LogP contribution is -2.41. The lowest BCUT2D eigenvalue weighted by Gasteiger charge is -2.23. The van der Waals surface area contributed by atoms with Crippen molar-refractivity contribution in [3.8, 4) is 0 Å². The lowest BCUT2D eigenvalue weighted by molar-refractivity contribution is -0.326. The van der Waals surface area contributed by atoms with Crippen molar-refractivity contribution in [2.75, 3.05) is 19.8 Å². The van der Waals surface area contributed by atoms with E-state index in [1.807, 2.05) is 0 Å². The predicted octanol–water partition coefficient (Wildman–Crippen LogP) is 1.45. The van der Waals surface area contributed by atoms with Crippen molar-refractivity contribution in [2.24, 2.45) is 11.8 Å². The Morgan fingerprint density at radius 1 is 1.44 bits per heavy atom. The number of hydrogen-bond donors (Lipinski definition) is 1. The fourth-order valence-electron chi connectivity index (χ4n) is 2.12. The summed E-state index contributed by atoms with van der Waals surface area (Å²) in [6, 6.07) is -0.00367. The highest BCUT2D eigenvalue weighted by Gasteiger charge is 2.45. The maximum absolute atomic E-state index is 11.8. The van der Waals surface area contributed by atoms with Crippen LogP contribution in [0.3, 0.4) is 0 Å². The van der Waals surface area contributed by atoms with E-state index in [0.29, 0.717) is 19.6 Å². The van der Waals surface area contributed by atoms with Gasteiger partial charge in [0, 0.05) is 12.5 Å². The number of carbonyl (C=O) groups excluding carboxylic acids is 1. The van der Waals surface area contributed by atoms with Gasteiger partial charge in [-0.3, -0.25) is 9.53 Å². The van der Waals surface area contributed by atoms with E-state index in [9.17, 15) is 18.0 Å². The zero-order valence-electron chi connectivity index (χ0n) is 9.83. The maximum Gasteiger partial charge on any atom is 0.522 e. The van der Waals surface area contributed by atoms with Crippen LogP contribution in [0.4, 0.5) is 13.2 Å². The molecule has 1 amide bonds. The summed E-state index contributed by atoms with van der Waals surface area (Å²) in [7, 11) is 0. The highest BCUT2D eigenvalue weighted by Crippen LogP contribution is 2.40. The highest BCUT2D eigenvalue weighted by atomic mass is 19.4. The van der Waals surface area contributed by atoms with Crippen molar-refractivity contribution < 1.29 is 27.4 Å². The third kappa shape index (κ3) is 4.13. The molecule has 1 saturated heterocycles. The first-order valence-corrected chi connectivity index (χ1v) is 6.04. The Kier molecular flexibility index (Phi) is 4.11. The van der Waals surface area contributed by atoms with E-state index in [1.165, 1.54) is 0 Å². The molecule has 0 radical (unpaired) electrons. The number of nitrogens with one attached hydrogen (secondary N) is 1. The summed E-state index contributed by atoms with van der Waals surface area (Å²) >= 11 is 0. The molecule has 18 heavy (non-hydrogen) atoms. The van der Waals surface area contributed by atoms with Crippen molar-refractivity contribution in [3.63, 3.8) is 0 Å². The molecule has 0 aromatic carbocycles. The predicted molar refractivity (Wildman–Crippen MR) is 55.6 cm³/mol. The molecule has 1 N–H and O–H groups in total. The van der Waals surface area contributed by atoms with E-state index in [2.05, 4.69) is 10.1 Å². The minimum atomic E-state index is -4.61. The molecular weight excluding hydrogens is 251 g/mol. The molecule has 0 aromatic heterocycles. The molecule has 3 atom stereocenters. The first-order valence-electron chi connectivity index (χ1n) is 6.04. The van der Waals surface area contributed by atoms with Crippen molar-refractivity contribution in [1.29, 1.82) is 0 Å². The van der Waals surface area contributed by atoms with Crippen LogP contribution >= 0.6 is 0 Å². The lowest BCUT2D eigenvalue weighted by atomic mass is 10.1. The average Bonchev–Trinajstić information content (AvgIpc) is 3.06. The van der Waals surface area contributed by atoms with Gasteiger partial charge in [0.1, 0.15) is 0 Å². The molecule has 0 aromatic rings. The van der Waals surface area contributed by atoms with Gasteiger partial charge in [-0.05, 0) is 25.2 Å². The molecule has 0 unspecified atom stereocenters. The number of ether oxygens (including phenoxy) is 2. The first-order chi connectivity index (χ1) is 8.46. The average molecular weight is 267 g/mol. The second kappa shape index (κ2) is 5.44. The molecule has 1 heterocycles. The highest BCUT2D eigenvalue weighted by molar-refractivity contribution is 5.81. The molecule has 0 spiro atoms. The van der Waals surface area contributed by atoms with Gasteiger partial charge in [-0.25, -0.2) is 0 Å². The third-order valence-electron chi connectivity index (χ3n) is 3.23. The first kappa shape index (κ1) is 13.6. The van der Waals surface area contributed by atoms with Crippen LogP contribution in [0.15, 0.2) is 0 Å². The number of rotatable bonds is 4. The Morgan fingerprint density at radius 3 is 2.83 bits per heavy atom. The summed E-state index contributed by atoms with van der Waals surface area (Å²) in [6.45, 7) is 0.767. The monoisotopic (exact) mass is 267 g/mol. The van der Waals surface area contributed by atoms with Gasteiger partial charge in [0.05, 0.1) is 19.3 Å². The molecule has 0 bridgehead atoms. The Bertz CT molecular complexity index is 302. The van der Waals surface area contributed by atoms with Gasteiger partial charge >= 0.3 is 6.36 Å². The second-order valence-electron chi connectivity index (χ2n) is 4.78. The summed E-state index contributed by atoms with van der Waals surface area (Å²) in [5.74, 6) is -0.827. The molecule has 2 rings (SSSR count). The largest absolute Gasteiger partial charge is 0.522 e. The molecule has 1 saturated carbocycles. The summed E-state index contributed by atoms with van der Waals surface area (Å²) in [5, 5.41) is 2.81. The number of hydrogen-bond acceptors (Lipinski definition) is 3. The number of alkyl halides is 3. The minimum Gasteiger partial charge on any atom is -0.379 e. The quantitative estimate of drug-likeness (QED) is 0.838. The van der Waals surface area contributed by atoms with Crippen LogP contribution in [-0.4, -0.2) is 38.1 Å². The van der Waals surface area contributed by atoms with E-state index >= 15 is 0 Å². The van der Waals surface area contributed by atoms with Crippen molar-refractivity contribution in [2.45, 2.75) is 31.7 Å². The summed E-state index contributed by atoms with van der Waals surface area (Å²) < 4.78 is 44.3.